The minimum atomic E-state index is -0.738. The van der Waals surface area contributed by atoms with E-state index in [4.69, 9.17) is 25.8 Å². The van der Waals surface area contributed by atoms with Gasteiger partial charge in [-0.05, 0) is 54.5 Å². The maximum Gasteiger partial charge on any atom is 0.363 e. The van der Waals surface area contributed by atoms with Gasteiger partial charge in [-0.3, -0.25) is 0 Å². The molecule has 0 spiro atoms. The first-order valence-electron chi connectivity index (χ1n) is 9.80. The number of cyclic esters (lactones) is 1. The fourth-order valence-corrected chi connectivity index (χ4v) is 3.45. The molecule has 3 aromatic rings. The van der Waals surface area contributed by atoms with E-state index in [1.165, 1.54) is 43.5 Å². The van der Waals surface area contributed by atoms with Crippen molar-refractivity contribution in [2.45, 2.75) is 6.92 Å². The van der Waals surface area contributed by atoms with Crippen LogP contribution < -0.4 is 9.47 Å². The van der Waals surface area contributed by atoms with E-state index >= 15 is 0 Å². The standard InChI is InChI=1S/C25H17ClFNO5/c1-14-7-3-4-8-16(14)24(29)32-22-18(26)11-15(13-21(22)31-2)12-20-25(30)33-23(28-20)17-9-5-6-10-19(17)27/h3-13H,1-2H3/b20-12-. The highest BCUT2D eigenvalue weighted by molar-refractivity contribution is 6.32. The summed E-state index contributed by atoms with van der Waals surface area (Å²) >= 11 is 6.36. The first kappa shape index (κ1) is 22.2. The molecule has 33 heavy (non-hydrogen) atoms. The molecule has 0 saturated carbocycles. The summed E-state index contributed by atoms with van der Waals surface area (Å²) in [6.07, 6.45) is 1.41. The quantitative estimate of drug-likeness (QED) is 0.288. The van der Waals surface area contributed by atoms with Crippen molar-refractivity contribution >= 4 is 35.5 Å². The van der Waals surface area contributed by atoms with Gasteiger partial charge < -0.3 is 14.2 Å². The Morgan fingerprint density at radius 3 is 2.58 bits per heavy atom. The molecule has 166 valence electrons. The van der Waals surface area contributed by atoms with Crippen molar-refractivity contribution in [1.82, 2.24) is 0 Å². The minimum Gasteiger partial charge on any atom is -0.493 e. The van der Waals surface area contributed by atoms with Gasteiger partial charge in [-0.2, -0.15) is 0 Å². The normalized spacial score (nSPS) is 14.1. The lowest BCUT2D eigenvalue weighted by Crippen LogP contribution is -2.11. The Morgan fingerprint density at radius 2 is 1.85 bits per heavy atom. The van der Waals surface area contributed by atoms with Crippen molar-refractivity contribution in [3.8, 4) is 11.5 Å². The molecule has 0 N–H and O–H groups in total. The topological polar surface area (TPSA) is 74.2 Å². The number of halogens is 2. The minimum absolute atomic E-state index is 0.0408. The van der Waals surface area contributed by atoms with Crippen LogP contribution in [0.3, 0.4) is 0 Å². The fourth-order valence-electron chi connectivity index (χ4n) is 3.19. The Kier molecular flexibility index (Phi) is 6.24. The van der Waals surface area contributed by atoms with Crippen LogP contribution in [0.4, 0.5) is 4.39 Å². The second-order valence-electron chi connectivity index (χ2n) is 7.05. The third kappa shape index (κ3) is 4.63. The molecule has 0 amide bonds. The molecule has 4 rings (SSSR count). The van der Waals surface area contributed by atoms with Gasteiger partial charge in [-0.25, -0.2) is 19.0 Å². The Morgan fingerprint density at radius 1 is 1.12 bits per heavy atom. The lowest BCUT2D eigenvalue weighted by atomic mass is 10.1. The summed E-state index contributed by atoms with van der Waals surface area (Å²) in [6, 6.07) is 15.8. The van der Waals surface area contributed by atoms with Crippen molar-refractivity contribution in [2.24, 2.45) is 4.99 Å². The second kappa shape index (κ2) is 9.26. The van der Waals surface area contributed by atoms with Crippen LogP contribution in [0, 0.1) is 12.7 Å². The molecule has 0 unspecified atom stereocenters. The monoisotopic (exact) mass is 465 g/mol. The van der Waals surface area contributed by atoms with E-state index in [0.29, 0.717) is 11.1 Å². The van der Waals surface area contributed by atoms with Crippen LogP contribution in [0.2, 0.25) is 5.02 Å². The number of aliphatic imine (C=N–C) groups is 1. The van der Waals surface area contributed by atoms with E-state index in [-0.39, 0.29) is 33.7 Å². The van der Waals surface area contributed by atoms with Gasteiger partial charge in [0.05, 0.1) is 23.3 Å². The van der Waals surface area contributed by atoms with E-state index in [9.17, 15) is 14.0 Å². The van der Waals surface area contributed by atoms with Gasteiger partial charge in [0.15, 0.2) is 17.2 Å². The SMILES string of the molecule is COc1cc(/C=C2\N=C(c3ccccc3F)OC2=O)cc(Cl)c1OC(=O)c1ccccc1C. The van der Waals surface area contributed by atoms with Crippen LogP contribution in [0.15, 0.2) is 71.4 Å². The molecule has 8 heteroatoms. The highest BCUT2D eigenvalue weighted by Gasteiger charge is 2.26. The van der Waals surface area contributed by atoms with Crippen LogP contribution in [-0.2, 0) is 9.53 Å². The van der Waals surface area contributed by atoms with E-state index in [2.05, 4.69) is 4.99 Å². The van der Waals surface area contributed by atoms with Crippen molar-refractivity contribution in [3.63, 3.8) is 0 Å². The third-order valence-electron chi connectivity index (χ3n) is 4.84. The zero-order valence-electron chi connectivity index (χ0n) is 17.6. The summed E-state index contributed by atoms with van der Waals surface area (Å²) in [5.41, 5.74) is 1.62. The highest BCUT2D eigenvalue weighted by Crippen LogP contribution is 2.38. The number of esters is 2. The summed E-state index contributed by atoms with van der Waals surface area (Å²) in [5.74, 6) is -1.79. The van der Waals surface area contributed by atoms with E-state index < -0.39 is 17.8 Å². The molecule has 3 aromatic carbocycles. The summed E-state index contributed by atoms with van der Waals surface area (Å²) in [7, 11) is 1.39. The van der Waals surface area contributed by atoms with Crippen molar-refractivity contribution < 1.29 is 28.2 Å². The van der Waals surface area contributed by atoms with Gasteiger partial charge in [0.2, 0.25) is 5.90 Å². The van der Waals surface area contributed by atoms with Gasteiger partial charge >= 0.3 is 11.9 Å². The number of ether oxygens (including phenoxy) is 3. The lowest BCUT2D eigenvalue weighted by molar-refractivity contribution is -0.129. The molecule has 1 aliphatic heterocycles. The number of methoxy groups -OCH3 is 1. The largest absolute Gasteiger partial charge is 0.493 e. The average molecular weight is 466 g/mol. The molecule has 6 nitrogen and oxygen atoms in total. The average Bonchev–Trinajstić information content (AvgIpc) is 3.15. The number of benzene rings is 3. The lowest BCUT2D eigenvalue weighted by Gasteiger charge is -2.13. The van der Waals surface area contributed by atoms with E-state index in [0.717, 1.165) is 5.56 Å². The molecule has 1 aliphatic rings. The fraction of sp³-hybridized carbons (Fsp3) is 0.0800. The maximum absolute atomic E-state index is 14.0. The number of hydrogen-bond donors (Lipinski definition) is 0. The van der Waals surface area contributed by atoms with Crippen molar-refractivity contribution in [2.75, 3.05) is 7.11 Å². The molecular formula is C25H17ClFNO5. The van der Waals surface area contributed by atoms with Gasteiger partial charge in [0.1, 0.15) is 5.82 Å². The predicted octanol–water partition coefficient (Wildman–Crippen LogP) is 5.36. The van der Waals surface area contributed by atoms with Crippen LogP contribution in [0.5, 0.6) is 11.5 Å². The highest BCUT2D eigenvalue weighted by atomic mass is 35.5. The summed E-state index contributed by atoms with van der Waals surface area (Å²) in [6.45, 7) is 1.79. The summed E-state index contributed by atoms with van der Waals surface area (Å²) < 4.78 is 29.9. The zero-order valence-corrected chi connectivity index (χ0v) is 18.4. The first-order valence-corrected chi connectivity index (χ1v) is 10.2. The number of carbonyl (C=O) groups excluding carboxylic acids is 2. The number of aryl methyl sites for hydroxylation is 1. The van der Waals surface area contributed by atoms with Gasteiger partial charge in [-0.15, -0.1) is 0 Å². The van der Waals surface area contributed by atoms with Crippen LogP contribution >= 0.6 is 11.6 Å². The Labute approximate surface area is 193 Å². The molecule has 0 bridgehead atoms. The van der Waals surface area contributed by atoms with Crippen LogP contribution in [0.1, 0.15) is 27.0 Å². The van der Waals surface area contributed by atoms with Gasteiger partial charge in [-0.1, -0.05) is 41.9 Å². The Balaban J connectivity index is 1.65. The first-order chi connectivity index (χ1) is 15.9. The van der Waals surface area contributed by atoms with Crippen molar-refractivity contribution in [3.05, 3.63) is 99.5 Å². The van der Waals surface area contributed by atoms with E-state index in [1.54, 1.807) is 31.2 Å². The van der Waals surface area contributed by atoms with E-state index in [1.807, 2.05) is 6.07 Å². The molecule has 1 heterocycles. The molecule has 0 radical (unpaired) electrons. The number of rotatable bonds is 5. The Bertz CT molecular complexity index is 1330. The number of nitrogens with zero attached hydrogens (tertiary/aromatic N) is 1. The number of hydrogen-bond acceptors (Lipinski definition) is 6. The van der Waals surface area contributed by atoms with Crippen LogP contribution in [0.25, 0.3) is 6.08 Å². The maximum atomic E-state index is 14.0. The summed E-state index contributed by atoms with van der Waals surface area (Å²) in [5, 5.41) is 0.0906. The predicted molar refractivity (Wildman–Crippen MR) is 121 cm³/mol. The molecule has 0 atom stereocenters. The molecule has 0 saturated heterocycles. The molecule has 0 fully saturated rings. The second-order valence-corrected chi connectivity index (χ2v) is 7.46. The summed E-state index contributed by atoms with van der Waals surface area (Å²) in [4.78, 5) is 29.0. The Hall–Kier alpha value is -3.97. The third-order valence-corrected chi connectivity index (χ3v) is 5.12. The smallest absolute Gasteiger partial charge is 0.363 e. The van der Waals surface area contributed by atoms with Gasteiger partial charge in [0.25, 0.3) is 0 Å². The van der Waals surface area contributed by atoms with Crippen LogP contribution in [-0.4, -0.2) is 24.9 Å². The molecular weight excluding hydrogens is 449 g/mol. The number of carbonyl (C=O) groups is 2. The van der Waals surface area contributed by atoms with Crippen molar-refractivity contribution in [1.29, 1.82) is 0 Å². The molecule has 0 aliphatic carbocycles. The van der Waals surface area contributed by atoms with Gasteiger partial charge in [0, 0.05) is 0 Å². The zero-order chi connectivity index (χ0) is 23.5. The molecule has 0 aromatic heterocycles.